The van der Waals surface area contributed by atoms with Crippen LogP contribution in [-0.4, -0.2) is 15.6 Å². The number of hydrazine groups is 1. The van der Waals surface area contributed by atoms with Crippen molar-refractivity contribution in [2.75, 3.05) is 5.43 Å². The van der Waals surface area contributed by atoms with Crippen LogP contribution in [0.1, 0.15) is 19.4 Å². The lowest BCUT2D eigenvalue weighted by Crippen LogP contribution is -2.24. The highest BCUT2D eigenvalue weighted by atomic mass is 19.1. The number of ether oxygens (including phenoxy) is 2. The second kappa shape index (κ2) is 4.85. The fourth-order valence-electron chi connectivity index (χ4n) is 2.26. The maximum atomic E-state index is 13.7. The minimum Gasteiger partial charge on any atom is -0.483 e. The van der Waals surface area contributed by atoms with Gasteiger partial charge in [-0.15, -0.1) is 0 Å². The second-order valence-electron chi connectivity index (χ2n) is 5.38. The first kappa shape index (κ1) is 13.6. The average Bonchev–Trinajstić information content (AvgIpc) is 2.76. The molecule has 0 radical (unpaired) electrons. The van der Waals surface area contributed by atoms with Gasteiger partial charge in [0.05, 0.1) is 6.20 Å². The summed E-state index contributed by atoms with van der Waals surface area (Å²) >= 11 is 0. The highest BCUT2D eigenvalue weighted by Gasteiger charge is 2.32. The summed E-state index contributed by atoms with van der Waals surface area (Å²) in [6, 6.07) is 5.50. The molecular weight excluding hydrogens is 275 g/mol. The third-order valence-corrected chi connectivity index (χ3v) is 3.10. The number of anilines is 1. The Hall–Kier alpha value is -2.41. The van der Waals surface area contributed by atoms with Crippen molar-refractivity contribution in [1.29, 1.82) is 0 Å². The van der Waals surface area contributed by atoms with E-state index in [1.54, 1.807) is 6.07 Å². The summed E-state index contributed by atoms with van der Waals surface area (Å²) in [7, 11) is 0. The van der Waals surface area contributed by atoms with E-state index in [1.807, 2.05) is 26.0 Å². The van der Waals surface area contributed by atoms with Gasteiger partial charge < -0.3 is 9.47 Å². The number of fused-ring (bicyclic) bond motifs is 1. The van der Waals surface area contributed by atoms with Crippen molar-refractivity contribution < 1.29 is 13.9 Å². The van der Waals surface area contributed by atoms with Crippen LogP contribution in [0.4, 0.5) is 10.3 Å². The molecule has 0 unspecified atom stereocenters. The molecule has 110 valence electrons. The van der Waals surface area contributed by atoms with Crippen LogP contribution in [0.15, 0.2) is 24.4 Å². The fraction of sp³-hybridized carbons (Fsp3) is 0.286. The number of rotatable bonds is 3. The predicted molar refractivity (Wildman–Crippen MR) is 74.7 cm³/mol. The van der Waals surface area contributed by atoms with E-state index in [0.29, 0.717) is 11.5 Å². The Bertz CT molecular complexity index is 691. The molecule has 0 saturated heterocycles. The molecule has 0 fully saturated rings. The standard InChI is InChI=1S/C14H15FN4O2/c1-14(2)6-8-4-3-5-10(11(8)21-14)20-12-9(15)7-17-13(18-12)19-16/h3-5,7H,6,16H2,1-2H3,(H,17,18,19). The summed E-state index contributed by atoms with van der Waals surface area (Å²) in [4.78, 5) is 7.51. The number of hydrogen-bond acceptors (Lipinski definition) is 6. The van der Waals surface area contributed by atoms with Gasteiger partial charge in [0.15, 0.2) is 11.5 Å². The lowest BCUT2D eigenvalue weighted by atomic mass is 10.0. The van der Waals surface area contributed by atoms with E-state index in [1.165, 1.54) is 0 Å². The maximum absolute atomic E-state index is 13.7. The zero-order valence-electron chi connectivity index (χ0n) is 11.7. The van der Waals surface area contributed by atoms with E-state index >= 15 is 0 Å². The number of benzene rings is 1. The van der Waals surface area contributed by atoms with Crippen molar-refractivity contribution in [3.05, 3.63) is 35.8 Å². The van der Waals surface area contributed by atoms with Crippen LogP contribution in [0, 0.1) is 5.82 Å². The normalized spacial score (nSPS) is 15.2. The van der Waals surface area contributed by atoms with Crippen molar-refractivity contribution in [2.45, 2.75) is 25.9 Å². The number of nitrogens with one attached hydrogen (secondary N) is 1. The molecule has 7 heteroatoms. The molecule has 0 aliphatic carbocycles. The van der Waals surface area contributed by atoms with Crippen LogP contribution >= 0.6 is 0 Å². The lowest BCUT2D eigenvalue weighted by Gasteiger charge is -2.18. The van der Waals surface area contributed by atoms with Gasteiger partial charge in [-0.25, -0.2) is 10.8 Å². The number of para-hydroxylation sites is 1. The van der Waals surface area contributed by atoms with Gasteiger partial charge in [0, 0.05) is 12.0 Å². The number of nitrogens with two attached hydrogens (primary N) is 1. The Balaban J connectivity index is 1.96. The van der Waals surface area contributed by atoms with E-state index < -0.39 is 5.82 Å². The van der Waals surface area contributed by atoms with Gasteiger partial charge in [-0.2, -0.15) is 9.37 Å². The molecule has 1 aromatic heterocycles. The molecule has 0 amide bonds. The molecule has 0 bridgehead atoms. The van der Waals surface area contributed by atoms with Gasteiger partial charge >= 0.3 is 0 Å². The third-order valence-electron chi connectivity index (χ3n) is 3.10. The van der Waals surface area contributed by atoms with Gasteiger partial charge in [0.1, 0.15) is 5.60 Å². The molecular formula is C14H15FN4O2. The van der Waals surface area contributed by atoms with E-state index in [9.17, 15) is 4.39 Å². The number of nitrogen functional groups attached to an aromatic ring is 1. The Morgan fingerprint density at radius 2 is 2.24 bits per heavy atom. The van der Waals surface area contributed by atoms with Crippen LogP contribution in [0.2, 0.25) is 0 Å². The van der Waals surface area contributed by atoms with E-state index in [-0.39, 0.29) is 17.4 Å². The highest BCUT2D eigenvalue weighted by Crippen LogP contribution is 2.43. The van der Waals surface area contributed by atoms with Crippen LogP contribution < -0.4 is 20.7 Å². The molecule has 3 rings (SSSR count). The number of hydrogen-bond donors (Lipinski definition) is 2. The molecule has 1 aromatic carbocycles. The van der Waals surface area contributed by atoms with Crippen LogP contribution in [0.5, 0.6) is 17.4 Å². The quantitative estimate of drug-likeness (QED) is 0.667. The molecule has 1 aliphatic heterocycles. The SMILES string of the molecule is CC1(C)Cc2cccc(Oc3nc(NN)ncc3F)c2O1. The average molecular weight is 290 g/mol. The summed E-state index contributed by atoms with van der Waals surface area (Å²) in [5, 5.41) is 0. The predicted octanol–water partition coefficient (Wildman–Crippen LogP) is 2.41. The minimum atomic E-state index is -0.677. The summed E-state index contributed by atoms with van der Waals surface area (Å²) < 4.78 is 25.1. The van der Waals surface area contributed by atoms with Crippen LogP contribution in [0.3, 0.4) is 0 Å². The highest BCUT2D eigenvalue weighted by molar-refractivity contribution is 5.51. The largest absolute Gasteiger partial charge is 0.483 e. The molecule has 0 saturated carbocycles. The molecule has 0 atom stereocenters. The van der Waals surface area contributed by atoms with Crippen LogP contribution in [0.25, 0.3) is 0 Å². The Morgan fingerprint density at radius 3 is 3.00 bits per heavy atom. The van der Waals surface area contributed by atoms with Crippen molar-refractivity contribution in [2.24, 2.45) is 5.84 Å². The summed E-state index contributed by atoms with van der Waals surface area (Å²) in [5.74, 6) is 5.42. The third kappa shape index (κ3) is 2.59. The second-order valence-corrected chi connectivity index (χ2v) is 5.38. The molecule has 0 spiro atoms. The topological polar surface area (TPSA) is 82.3 Å². The van der Waals surface area contributed by atoms with Crippen molar-refractivity contribution in [1.82, 2.24) is 9.97 Å². The summed E-state index contributed by atoms with van der Waals surface area (Å²) in [5.41, 5.74) is 2.95. The fourth-order valence-corrected chi connectivity index (χ4v) is 2.26. The molecule has 3 N–H and O–H groups in total. The van der Waals surface area contributed by atoms with Gasteiger partial charge in [0.2, 0.25) is 11.8 Å². The first-order valence-corrected chi connectivity index (χ1v) is 6.46. The smallest absolute Gasteiger partial charge is 0.261 e. The number of nitrogens with zero attached hydrogens (tertiary/aromatic N) is 2. The van der Waals surface area contributed by atoms with E-state index in [4.69, 9.17) is 15.3 Å². The monoisotopic (exact) mass is 290 g/mol. The first-order chi connectivity index (χ1) is 9.98. The van der Waals surface area contributed by atoms with E-state index in [0.717, 1.165) is 18.2 Å². The molecule has 6 nitrogen and oxygen atoms in total. The van der Waals surface area contributed by atoms with Crippen molar-refractivity contribution in [3.63, 3.8) is 0 Å². The molecule has 2 heterocycles. The van der Waals surface area contributed by atoms with Crippen LogP contribution in [-0.2, 0) is 6.42 Å². The maximum Gasteiger partial charge on any atom is 0.261 e. The van der Waals surface area contributed by atoms with Gasteiger partial charge in [-0.3, -0.25) is 5.43 Å². The zero-order valence-corrected chi connectivity index (χ0v) is 11.7. The Kier molecular flexibility index (Phi) is 3.13. The zero-order chi connectivity index (χ0) is 15.0. The Morgan fingerprint density at radius 1 is 1.43 bits per heavy atom. The van der Waals surface area contributed by atoms with Crippen molar-refractivity contribution in [3.8, 4) is 17.4 Å². The number of halogens is 1. The summed E-state index contributed by atoms with van der Waals surface area (Å²) in [6.45, 7) is 3.97. The Labute approximate surface area is 121 Å². The van der Waals surface area contributed by atoms with E-state index in [2.05, 4.69) is 15.4 Å². The van der Waals surface area contributed by atoms with Gasteiger partial charge in [-0.1, -0.05) is 12.1 Å². The summed E-state index contributed by atoms with van der Waals surface area (Å²) in [6.07, 6.45) is 1.76. The lowest BCUT2D eigenvalue weighted by molar-refractivity contribution is 0.134. The first-order valence-electron chi connectivity index (χ1n) is 6.46. The number of aromatic nitrogens is 2. The molecule has 21 heavy (non-hydrogen) atoms. The van der Waals surface area contributed by atoms with Crippen molar-refractivity contribution >= 4 is 5.95 Å². The molecule has 2 aromatic rings. The minimum absolute atomic E-state index is 0.0697. The van der Waals surface area contributed by atoms with Gasteiger partial charge in [-0.05, 0) is 19.9 Å². The molecule has 1 aliphatic rings. The van der Waals surface area contributed by atoms with Gasteiger partial charge in [0.25, 0.3) is 5.88 Å².